The highest BCUT2D eigenvalue weighted by atomic mass is 16.5. The number of nitrogens with one attached hydrogen (secondary N) is 1. The molecule has 1 saturated heterocycles. The van der Waals surface area contributed by atoms with Crippen LogP contribution in [0.2, 0.25) is 0 Å². The molecule has 2 heterocycles. The molecule has 7 heteroatoms. The van der Waals surface area contributed by atoms with Gasteiger partial charge in [0.1, 0.15) is 0 Å². The second-order valence-corrected chi connectivity index (χ2v) is 9.95. The van der Waals surface area contributed by atoms with Crippen LogP contribution in [-0.4, -0.2) is 60.3 Å². The molecule has 3 aromatic rings. The predicted molar refractivity (Wildman–Crippen MR) is 140 cm³/mol. The number of aryl methyl sites for hydroxylation is 1. The highest BCUT2D eigenvalue weighted by Crippen LogP contribution is 2.52. The van der Waals surface area contributed by atoms with Crippen LogP contribution in [0.3, 0.4) is 0 Å². The van der Waals surface area contributed by atoms with Gasteiger partial charge in [-0.15, -0.1) is 0 Å². The number of amides is 1. The average Bonchev–Trinajstić information content (AvgIpc) is 3.14. The number of benzene rings is 2. The summed E-state index contributed by atoms with van der Waals surface area (Å²) in [7, 11) is 1.69. The lowest BCUT2D eigenvalue weighted by atomic mass is 9.71. The standard InChI is InChI=1S/C29H36N4O3/c1-4-26(34)32-27-21-9-5-6-10-22(21)29(28(27)36-18-17-35-3)13-15-33(16-14-29)19-25-20(2)30-23-11-7-8-12-24(23)31-25/h5-12,27-28H,4,13-19H2,1-3H3,(H,32,34)/t27-,28+/m1/s1. The predicted octanol–water partition coefficient (Wildman–Crippen LogP) is 4.08. The number of carbonyl (C=O) groups excluding carboxylic acids is 1. The first-order valence-electron chi connectivity index (χ1n) is 13.0. The van der Waals surface area contributed by atoms with Crippen molar-refractivity contribution >= 4 is 16.9 Å². The zero-order valence-electron chi connectivity index (χ0n) is 21.5. The van der Waals surface area contributed by atoms with Crippen LogP contribution in [0.25, 0.3) is 11.0 Å². The Balaban J connectivity index is 1.39. The molecule has 1 aliphatic heterocycles. The number of methoxy groups -OCH3 is 1. The van der Waals surface area contributed by atoms with Crippen molar-refractivity contribution in [1.82, 2.24) is 20.2 Å². The fourth-order valence-electron chi connectivity index (χ4n) is 5.95. The number of carbonyl (C=O) groups is 1. The second-order valence-electron chi connectivity index (χ2n) is 9.95. The molecule has 1 aromatic heterocycles. The summed E-state index contributed by atoms with van der Waals surface area (Å²) in [5.41, 5.74) is 6.27. The summed E-state index contributed by atoms with van der Waals surface area (Å²) >= 11 is 0. The maximum Gasteiger partial charge on any atom is 0.220 e. The van der Waals surface area contributed by atoms with Crippen molar-refractivity contribution in [2.24, 2.45) is 0 Å². The molecule has 7 nitrogen and oxygen atoms in total. The van der Waals surface area contributed by atoms with E-state index in [1.54, 1.807) is 7.11 Å². The Hall–Kier alpha value is -2.87. The van der Waals surface area contributed by atoms with Gasteiger partial charge in [0.25, 0.3) is 0 Å². The van der Waals surface area contributed by atoms with E-state index in [0.29, 0.717) is 19.6 Å². The van der Waals surface area contributed by atoms with Gasteiger partial charge in [-0.05, 0) is 56.1 Å². The smallest absolute Gasteiger partial charge is 0.220 e. The second kappa shape index (κ2) is 10.6. The van der Waals surface area contributed by atoms with Crippen LogP contribution < -0.4 is 5.32 Å². The Morgan fingerprint density at radius 2 is 1.75 bits per heavy atom. The number of hydrogen-bond acceptors (Lipinski definition) is 6. The van der Waals surface area contributed by atoms with Crippen LogP contribution in [0, 0.1) is 6.92 Å². The van der Waals surface area contributed by atoms with Crippen LogP contribution in [0.4, 0.5) is 0 Å². The number of rotatable bonds is 8. The van der Waals surface area contributed by atoms with Gasteiger partial charge in [-0.1, -0.05) is 43.3 Å². The Morgan fingerprint density at radius 3 is 2.47 bits per heavy atom. The van der Waals surface area contributed by atoms with Gasteiger partial charge in [-0.3, -0.25) is 9.69 Å². The lowest BCUT2D eigenvalue weighted by molar-refractivity contribution is -0.124. The van der Waals surface area contributed by atoms with E-state index in [-0.39, 0.29) is 23.5 Å². The van der Waals surface area contributed by atoms with Crippen molar-refractivity contribution in [2.45, 2.75) is 57.2 Å². The fourth-order valence-corrected chi connectivity index (χ4v) is 5.95. The van der Waals surface area contributed by atoms with Crippen LogP contribution >= 0.6 is 0 Å². The number of ether oxygens (including phenoxy) is 2. The fraction of sp³-hybridized carbons (Fsp3) is 0.483. The van der Waals surface area contributed by atoms with Crippen molar-refractivity contribution in [3.8, 4) is 0 Å². The molecule has 0 radical (unpaired) electrons. The summed E-state index contributed by atoms with van der Waals surface area (Å²) < 4.78 is 11.8. The van der Waals surface area contributed by atoms with E-state index in [1.807, 2.05) is 38.1 Å². The molecule has 0 bridgehead atoms. The van der Waals surface area contributed by atoms with E-state index in [4.69, 9.17) is 19.4 Å². The van der Waals surface area contributed by atoms with Crippen molar-refractivity contribution in [1.29, 1.82) is 0 Å². The normalized spacial score (nSPS) is 21.1. The summed E-state index contributed by atoms with van der Waals surface area (Å²) in [5, 5.41) is 3.27. The molecule has 36 heavy (non-hydrogen) atoms. The van der Waals surface area contributed by atoms with Gasteiger partial charge in [-0.2, -0.15) is 0 Å². The molecule has 1 spiro atoms. The summed E-state index contributed by atoms with van der Waals surface area (Å²) in [6.07, 6.45) is 2.25. The molecule has 2 aromatic carbocycles. The quantitative estimate of drug-likeness (QED) is 0.482. The van der Waals surface area contributed by atoms with Gasteiger partial charge >= 0.3 is 0 Å². The SMILES string of the molecule is CCC(=O)N[C@@H]1c2ccccc2C2(CCN(Cc3nc4ccccc4nc3C)CC2)[C@H]1OCCOC. The van der Waals surface area contributed by atoms with E-state index in [2.05, 4.69) is 34.5 Å². The van der Waals surface area contributed by atoms with Gasteiger partial charge in [0.05, 0.1) is 47.8 Å². The molecular formula is C29H36N4O3. The third kappa shape index (κ3) is 4.63. The van der Waals surface area contributed by atoms with Crippen molar-refractivity contribution in [3.63, 3.8) is 0 Å². The monoisotopic (exact) mass is 488 g/mol. The van der Waals surface area contributed by atoms with Gasteiger partial charge in [-0.25, -0.2) is 9.97 Å². The maximum atomic E-state index is 12.5. The van der Waals surface area contributed by atoms with E-state index >= 15 is 0 Å². The molecule has 1 aliphatic carbocycles. The zero-order valence-corrected chi connectivity index (χ0v) is 21.5. The third-order valence-corrected chi connectivity index (χ3v) is 7.87. The van der Waals surface area contributed by atoms with E-state index in [9.17, 15) is 4.79 Å². The topological polar surface area (TPSA) is 76.6 Å². The van der Waals surface area contributed by atoms with Crippen LogP contribution in [-0.2, 0) is 26.2 Å². The molecule has 1 amide bonds. The lowest BCUT2D eigenvalue weighted by Gasteiger charge is -2.44. The minimum atomic E-state index is -0.148. The van der Waals surface area contributed by atoms with Crippen molar-refractivity contribution in [2.75, 3.05) is 33.4 Å². The van der Waals surface area contributed by atoms with Gasteiger partial charge in [0.15, 0.2) is 0 Å². The minimum absolute atomic E-state index is 0.0509. The summed E-state index contributed by atoms with van der Waals surface area (Å²) in [6, 6.07) is 16.5. The number of piperidine rings is 1. The number of nitrogens with zero attached hydrogens (tertiary/aromatic N) is 3. The Kier molecular flexibility index (Phi) is 7.32. The number of aromatic nitrogens is 2. The van der Waals surface area contributed by atoms with Crippen molar-refractivity contribution in [3.05, 3.63) is 71.0 Å². The molecule has 0 saturated carbocycles. The minimum Gasteiger partial charge on any atom is -0.382 e. The molecule has 2 atom stereocenters. The molecule has 5 rings (SSSR count). The Morgan fingerprint density at radius 1 is 1.06 bits per heavy atom. The number of fused-ring (bicyclic) bond motifs is 3. The summed E-state index contributed by atoms with van der Waals surface area (Å²) in [6.45, 7) is 7.62. The van der Waals surface area contributed by atoms with Crippen molar-refractivity contribution < 1.29 is 14.3 Å². The first-order chi connectivity index (χ1) is 17.6. The summed E-state index contributed by atoms with van der Waals surface area (Å²) in [4.78, 5) is 24.7. The summed E-state index contributed by atoms with van der Waals surface area (Å²) in [5.74, 6) is 0.0509. The highest BCUT2D eigenvalue weighted by molar-refractivity contribution is 5.76. The molecular weight excluding hydrogens is 452 g/mol. The molecule has 190 valence electrons. The van der Waals surface area contributed by atoms with E-state index < -0.39 is 0 Å². The largest absolute Gasteiger partial charge is 0.382 e. The number of hydrogen-bond donors (Lipinski definition) is 1. The zero-order chi connectivity index (χ0) is 25.1. The Bertz CT molecular complexity index is 1220. The van der Waals surface area contributed by atoms with Crippen LogP contribution in [0.15, 0.2) is 48.5 Å². The maximum absolute atomic E-state index is 12.5. The average molecular weight is 489 g/mol. The van der Waals surface area contributed by atoms with Gasteiger partial charge in [0, 0.05) is 25.5 Å². The van der Waals surface area contributed by atoms with Gasteiger partial charge < -0.3 is 14.8 Å². The number of likely N-dealkylation sites (tertiary alicyclic amines) is 1. The molecule has 2 aliphatic rings. The van der Waals surface area contributed by atoms with Crippen LogP contribution in [0.5, 0.6) is 0 Å². The van der Waals surface area contributed by atoms with Gasteiger partial charge in [0.2, 0.25) is 5.91 Å². The highest BCUT2D eigenvalue weighted by Gasteiger charge is 2.54. The molecule has 1 N–H and O–H groups in total. The number of para-hydroxylation sites is 2. The van der Waals surface area contributed by atoms with E-state index in [1.165, 1.54) is 11.1 Å². The first kappa shape index (κ1) is 24.8. The third-order valence-electron chi connectivity index (χ3n) is 7.87. The van der Waals surface area contributed by atoms with E-state index in [0.717, 1.165) is 54.9 Å². The molecule has 0 unspecified atom stereocenters. The van der Waals surface area contributed by atoms with Crippen LogP contribution in [0.1, 0.15) is 54.7 Å². The first-order valence-corrected chi connectivity index (χ1v) is 13.0. The molecule has 1 fully saturated rings. The Labute approximate surface area is 213 Å². The lowest BCUT2D eigenvalue weighted by Crippen LogP contribution is -2.51.